The first-order chi connectivity index (χ1) is 7.67. The van der Waals surface area contributed by atoms with Crippen LogP contribution in [0, 0.1) is 0 Å². The first kappa shape index (κ1) is 16.0. The standard InChI is InChI=1S/C11H15ClN2O2.ClH/c1-13-6-5-11(15)14-8-3-4-10(16-2)9(12)7-8;/h3-4,7,13H,5-6H2,1-2H3,(H,14,15);1H. The fourth-order valence-electron chi connectivity index (χ4n) is 1.21. The van der Waals surface area contributed by atoms with E-state index in [0.29, 0.717) is 29.4 Å². The molecule has 0 unspecified atom stereocenters. The Kier molecular flexibility index (Phi) is 7.70. The number of carbonyl (C=O) groups excluding carboxylic acids is 1. The summed E-state index contributed by atoms with van der Waals surface area (Å²) in [6.45, 7) is 0.649. The van der Waals surface area contributed by atoms with E-state index in [4.69, 9.17) is 16.3 Å². The van der Waals surface area contributed by atoms with Crippen molar-refractivity contribution in [3.63, 3.8) is 0 Å². The van der Waals surface area contributed by atoms with Gasteiger partial charge in [0.05, 0.1) is 12.1 Å². The number of hydrogen-bond acceptors (Lipinski definition) is 3. The second-order valence-corrected chi connectivity index (χ2v) is 3.66. The highest BCUT2D eigenvalue weighted by Gasteiger charge is 2.04. The Morgan fingerprint density at radius 1 is 1.47 bits per heavy atom. The maximum atomic E-state index is 11.4. The third-order valence-electron chi connectivity index (χ3n) is 2.04. The van der Waals surface area contributed by atoms with Crippen LogP contribution < -0.4 is 15.4 Å². The zero-order valence-corrected chi connectivity index (χ0v) is 11.3. The van der Waals surface area contributed by atoms with Crippen molar-refractivity contribution in [2.24, 2.45) is 0 Å². The van der Waals surface area contributed by atoms with Gasteiger partial charge in [-0.15, -0.1) is 12.4 Å². The van der Waals surface area contributed by atoms with E-state index in [0.717, 1.165) is 0 Å². The van der Waals surface area contributed by atoms with Gasteiger partial charge < -0.3 is 15.4 Å². The number of halogens is 2. The normalized spacial score (nSPS) is 9.35. The fourth-order valence-corrected chi connectivity index (χ4v) is 1.46. The molecule has 0 aliphatic rings. The number of methoxy groups -OCH3 is 1. The molecule has 0 aliphatic heterocycles. The van der Waals surface area contributed by atoms with Crippen LogP contribution in [-0.4, -0.2) is 26.6 Å². The SMILES string of the molecule is CNCCC(=O)Nc1ccc(OC)c(Cl)c1.Cl. The molecule has 0 fully saturated rings. The minimum atomic E-state index is -0.0458. The first-order valence-corrected chi connectivity index (χ1v) is 5.33. The summed E-state index contributed by atoms with van der Waals surface area (Å²) in [6.07, 6.45) is 0.431. The predicted octanol–water partition coefficient (Wildman–Crippen LogP) is 2.32. The van der Waals surface area contributed by atoms with E-state index >= 15 is 0 Å². The van der Waals surface area contributed by atoms with Crippen molar-refractivity contribution in [3.8, 4) is 5.75 Å². The highest BCUT2D eigenvalue weighted by Crippen LogP contribution is 2.27. The van der Waals surface area contributed by atoms with E-state index in [1.54, 1.807) is 32.4 Å². The monoisotopic (exact) mass is 278 g/mol. The van der Waals surface area contributed by atoms with Crippen molar-refractivity contribution in [1.82, 2.24) is 5.32 Å². The molecule has 0 saturated heterocycles. The topological polar surface area (TPSA) is 50.4 Å². The van der Waals surface area contributed by atoms with Gasteiger partial charge in [-0.05, 0) is 25.2 Å². The van der Waals surface area contributed by atoms with Crippen molar-refractivity contribution in [2.45, 2.75) is 6.42 Å². The number of ether oxygens (including phenoxy) is 1. The summed E-state index contributed by atoms with van der Waals surface area (Å²) in [5.41, 5.74) is 0.673. The summed E-state index contributed by atoms with van der Waals surface area (Å²) in [4.78, 5) is 11.4. The smallest absolute Gasteiger partial charge is 0.225 e. The summed E-state index contributed by atoms with van der Waals surface area (Å²) in [6, 6.07) is 5.13. The summed E-state index contributed by atoms with van der Waals surface area (Å²) >= 11 is 5.93. The molecule has 0 radical (unpaired) electrons. The van der Waals surface area contributed by atoms with E-state index in [-0.39, 0.29) is 18.3 Å². The largest absolute Gasteiger partial charge is 0.495 e. The molecule has 0 spiro atoms. The van der Waals surface area contributed by atoms with Gasteiger partial charge >= 0.3 is 0 Å². The number of hydrogen-bond donors (Lipinski definition) is 2. The van der Waals surface area contributed by atoms with E-state index in [1.165, 1.54) is 0 Å². The third-order valence-corrected chi connectivity index (χ3v) is 2.33. The van der Waals surface area contributed by atoms with Gasteiger partial charge in [-0.25, -0.2) is 0 Å². The number of benzene rings is 1. The number of rotatable bonds is 5. The molecular weight excluding hydrogens is 263 g/mol. The molecule has 0 aromatic heterocycles. The molecule has 0 bridgehead atoms. The fraction of sp³-hybridized carbons (Fsp3) is 0.364. The van der Waals surface area contributed by atoms with Crippen molar-refractivity contribution in [3.05, 3.63) is 23.2 Å². The Morgan fingerprint density at radius 3 is 2.71 bits per heavy atom. The zero-order chi connectivity index (χ0) is 12.0. The Balaban J connectivity index is 0.00000256. The second-order valence-electron chi connectivity index (χ2n) is 3.25. The van der Waals surface area contributed by atoms with Gasteiger partial charge in [0.15, 0.2) is 0 Å². The predicted molar refractivity (Wildman–Crippen MR) is 72.4 cm³/mol. The molecule has 2 N–H and O–H groups in total. The molecule has 0 saturated carbocycles. The average molecular weight is 279 g/mol. The van der Waals surface area contributed by atoms with Crippen LogP contribution in [0.1, 0.15) is 6.42 Å². The second kappa shape index (κ2) is 8.17. The van der Waals surface area contributed by atoms with Crippen LogP contribution in [0.5, 0.6) is 5.75 Å². The van der Waals surface area contributed by atoms with Gasteiger partial charge in [0.1, 0.15) is 5.75 Å². The average Bonchev–Trinajstić information content (AvgIpc) is 2.26. The lowest BCUT2D eigenvalue weighted by Crippen LogP contribution is -2.18. The molecule has 17 heavy (non-hydrogen) atoms. The van der Waals surface area contributed by atoms with Gasteiger partial charge in [-0.1, -0.05) is 11.6 Å². The molecule has 0 heterocycles. The van der Waals surface area contributed by atoms with Gasteiger partial charge in [0.25, 0.3) is 0 Å². The van der Waals surface area contributed by atoms with Crippen LogP contribution in [0.4, 0.5) is 5.69 Å². The van der Waals surface area contributed by atoms with Gasteiger partial charge in [-0.3, -0.25) is 4.79 Å². The van der Waals surface area contributed by atoms with E-state index in [2.05, 4.69) is 10.6 Å². The molecule has 1 amide bonds. The quantitative estimate of drug-likeness (QED) is 0.869. The molecule has 0 atom stereocenters. The Morgan fingerprint density at radius 2 is 2.18 bits per heavy atom. The summed E-state index contributed by atoms with van der Waals surface area (Å²) in [5, 5.41) is 6.14. The minimum absolute atomic E-state index is 0. The minimum Gasteiger partial charge on any atom is -0.495 e. The lowest BCUT2D eigenvalue weighted by Gasteiger charge is -2.07. The lowest BCUT2D eigenvalue weighted by atomic mass is 10.3. The van der Waals surface area contributed by atoms with Crippen LogP contribution in [0.25, 0.3) is 0 Å². The summed E-state index contributed by atoms with van der Waals surface area (Å²) in [7, 11) is 3.35. The van der Waals surface area contributed by atoms with Crippen molar-refractivity contribution >= 4 is 35.6 Å². The number of carbonyl (C=O) groups is 1. The van der Waals surface area contributed by atoms with Crippen LogP contribution in [0.15, 0.2) is 18.2 Å². The molecule has 6 heteroatoms. The van der Waals surface area contributed by atoms with Gasteiger partial charge in [0.2, 0.25) is 5.91 Å². The van der Waals surface area contributed by atoms with Crippen molar-refractivity contribution in [2.75, 3.05) is 26.0 Å². The Hall–Kier alpha value is -0.970. The maximum absolute atomic E-state index is 11.4. The van der Waals surface area contributed by atoms with E-state index in [1.807, 2.05) is 0 Å². The number of nitrogens with one attached hydrogen (secondary N) is 2. The number of amides is 1. The highest BCUT2D eigenvalue weighted by atomic mass is 35.5. The molecule has 96 valence electrons. The summed E-state index contributed by atoms with van der Waals surface area (Å²) < 4.78 is 5.02. The van der Waals surface area contributed by atoms with Gasteiger partial charge in [0, 0.05) is 18.7 Å². The van der Waals surface area contributed by atoms with E-state index in [9.17, 15) is 4.79 Å². The molecule has 1 aromatic carbocycles. The van der Waals surface area contributed by atoms with Crippen molar-refractivity contribution in [1.29, 1.82) is 0 Å². The molecular formula is C11H16Cl2N2O2. The first-order valence-electron chi connectivity index (χ1n) is 4.95. The van der Waals surface area contributed by atoms with Crippen LogP contribution in [0.3, 0.4) is 0 Å². The molecule has 0 aliphatic carbocycles. The number of anilines is 1. The zero-order valence-electron chi connectivity index (χ0n) is 9.75. The lowest BCUT2D eigenvalue weighted by molar-refractivity contribution is -0.116. The highest BCUT2D eigenvalue weighted by molar-refractivity contribution is 6.32. The molecule has 1 rings (SSSR count). The van der Waals surface area contributed by atoms with Crippen LogP contribution in [-0.2, 0) is 4.79 Å². The molecule has 4 nitrogen and oxygen atoms in total. The van der Waals surface area contributed by atoms with Crippen molar-refractivity contribution < 1.29 is 9.53 Å². The maximum Gasteiger partial charge on any atom is 0.225 e. The molecule has 1 aromatic rings. The third kappa shape index (κ3) is 5.26. The van der Waals surface area contributed by atoms with Crippen LogP contribution >= 0.6 is 24.0 Å². The Bertz CT molecular complexity index is 372. The van der Waals surface area contributed by atoms with E-state index < -0.39 is 0 Å². The summed E-state index contributed by atoms with van der Waals surface area (Å²) in [5.74, 6) is 0.547. The Labute approximate surface area is 112 Å². The van der Waals surface area contributed by atoms with Gasteiger partial charge in [-0.2, -0.15) is 0 Å². The van der Waals surface area contributed by atoms with Crippen LogP contribution in [0.2, 0.25) is 5.02 Å².